The molecule has 1 aliphatic rings. The summed E-state index contributed by atoms with van der Waals surface area (Å²) in [4.78, 5) is 0. The van der Waals surface area contributed by atoms with Crippen LogP contribution in [0.5, 0.6) is 17.2 Å². The summed E-state index contributed by atoms with van der Waals surface area (Å²) in [6.07, 6.45) is 3.54. The van der Waals surface area contributed by atoms with E-state index in [0.717, 1.165) is 22.6 Å². The van der Waals surface area contributed by atoms with Crippen LogP contribution in [-0.4, -0.2) is 27.0 Å². The lowest BCUT2D eigenvalue weighted by atomic mass is 9.96. The Bertz CT molecular complexity index is 1240. The minimum atomic E-state index is -0.216. The Kier molecular flexibility index (Phi) is 6.20. The fourth-order valence-electron chi connectivity index (χ4n) is 4.18. The van der Waals surface area contributed by atoms with E-state index in [0.29, 0.717) is 17.9 Å². The zero-order valence-electron chi connectivity index (χ0n) is 19.2. The molecular formula is C27H28N4O3. The van der Waals surface area contributed by atoms with Crippen molar-refractivity contribution in [3.8, 4) is 22.9 Å². The molecule has 2 heterocycles. The third-order valence-corrected chi connectivity index (χ3v) is 6.10. The van der Waals surface area contributed by atoms with Crippen molar-refractivity contribution < 1.29 is 14.6 Å². The Morgan fingerprint density at radius 1 is 0.971 bits per heavy atom. The van der Waals surface area contributed by atoms with Gasteiger partial charge < -0.3 is 14.6 Å². The van der Waals surface area contributed by atoms with Crippen LogP contribution in [-0.2, 0) is 6.61 Å². The van der Waals surface area contributed by atoms with Crippen LogP contribution < -0.4 is 20.3 Å². The van der Waals surface area contributed by atoms with Crippen LogP contribution in [0.15, 0.2) is 85.2 Å². The van der Waals surface area contributed by atoms with E-state index in [2.05, 4.69) is 22.9 Å². The molecule has 0 spiro atoms. The number of aromatic nitrogens is 2. The van der Waals surface area contributed by atoms with Gasteiger partial charge in [-0.05, 0) is 50.2 Å². The topological polar surface area (TPSA) is 80.6 Å². The third-order valence-electron chi connectivity index (χ3n) is 6.10. The standard InChI is InChI=1S/C27H28N4O3/c1-18-24(33-17-20-15-28-31(16-20)21-9-5-3-6-10-21)14-13-23(26(18)32)25-27(19(2)29-30-25)34-22-11-7-4-8-12-22/h3-16,19,25,27,29-30,32H,17H2,1-2H3. The lowest BCUT2D eigenvalue weighted by molar-refractivity contribution is 0.170. The molecule has 0 saturated carbocycles. The first-order valence-corrected chi connectivity index (χ1v) is 11.4. The van der Waals surface area contributed by atoms with Gasteiger partial charge in [-0.25, -0.2) is 10.1 Å². The quantitative estimate of drug-likeness (QED) is 0.381. The Balaban J connectivity index is 1.30. The first-order valence-electron chi connectivity index (χ1n) is 11.4. The minimum absolute atomic E-state index is 0.0574. The van der Waals surface area contributed by atoms with Gasteiger partial charge in [0.2, 0.25) is 0 Å². The molecule has 5 rings (SSSR count). The van der Waals surface area contributed by atoms with Gasteiger partial charge in [0, 0.05) is 22.9 Å². The molecule has 174 valence electrons. The smallest absolute Gasteiger partial charge is 0.136 e. The van der Waals surface area contributed by atoms with E-state index >= 15 is 0 Å². The second kappa shape index (κ2) is 9.59. The van der Waals surface area contributed by atoms with E-state index in [9.17, 15) is 5.11 Å². The van der Waals surface area contributed by atoms with Crippen molar-refractivity contribution >= 4 is 0 Å². The molecule has 0 bridgehead atoms. The summed E-state index contributed by atoms with van der Waals surface area (Å²) in [5, 5.41) is 15.5. The zero-order valence-corrected chi connectivity index (χ0v) is 19.2. The van der Waals surface area contributed by atoms with Crippen LogP contribution in [0.25, 0.3) is 5.69 Å². The highest BCUT2D eigenvalue weighted by Gasteiger charge is 2.38. The number of nitrogens with zero attached hydrogens (tertiary/aromatic N) is 2. The van der Waals surface area contributed by atoms with Crippen LogP contribution in [0.3, 0.4) is 0 Å². The van der Waals surface area contributed by atoms with E-state index in [4.69, 9.17) is 9.47 Å². The van der Waals surface area contributed by atoms with Gasteiger partial charge in [0.05, 0.1) is 24.0 Å². The Morgan fingerprint density at radius 2 is 1.71 bits per heavy atom. The van der Waals surface area contributed by atoms with Crippen molar-refractivity contribution in [1.82, 2.24) is 20.6 Å². The molecule has 3 N–H and O–H groups in total. The molecule has 34 heavy (non-hydrogen) atoms. The lowest BCUT2D eigenvalue weighted by Crippen LogP contribution is -2.33. The first kappa shape index (κ1) is 22.0. The third kappa shape index (κ3) is 4.48. The molecule has 4 aromatic rings. The van der Waals surface area contributed by atoms with E-state index < -0.39 is 0 Å². The number of benzene rings is 3. The summed E-state index contributed by atoms with van der Waals surface area (Å²) < 4.78 is 14.1. The first-order chi connectivity index (χ1) is 16.6. The monoisotopic (exact) mass is 456 g/mol. The van der Waals surface area contributed by atoms with Crippen LogP contribution in [0.4, 0.5) is 0 Å². The maximum Gasteiger partial charge on any atom is 0.136 e. The Morgan fingerprint density at radius 3 is 2.47 bits per heavy atom. The lowest BCUT2D eigenvalue weighted by Gasteiger charge is -2.24. The fraction of sp³-hybridized carbons (Fsp3) is 0.222. The van der Waals surface area contributed by atoms with Crippen LogP contribution >= 0.6 is 0 Å². The van der Waals surface area contributed by atoms with Crippen molar-refractivity contribution in [2.75, 3.05) is 0 Å². The predicted molar refractivity (Wildman–Crippen MR) is 130 cm³/mol. The molecule has 0 amide bonds. The van der Waals surface area contributed by atoms with Crippen LogP contribution in [0.1, 0.15) is 29.7 Å². The number of aromatic hydroxyl groups is 1. The van der Waals surface area contributed by atoms with Crippen molar-refractivity contribution in [1.29, 1.82) is 0 Å². The molecule has 7 heteroatoms. The molecule has 1 fully saturated rings. The molecule has 3 atom stereocenters. The molecule has 1 saturated heterocycles. The number of rotatable bonds is 7. The Labute approximate surface area is 198 Å². The van der Waals surface area contributed by atoms with Gasteiger partial charge in [-0.15, -0.1) is 0 Å². The number of hydrogen-bond acceptors (Lipinski definition) is 6. The zero-order chi connectivity index (χ0) is 23.5. The van der Waals surface area contributed by atoms with Crippen molar-refractivity contribution in [2.45, 2.75) is 38.6 Å². The van der Waals surface area contributed by atoms with Crippen molar-refractivity contribution in [3.63, 3.8) is 0 Å². The van der Waals surface area contributed by atoms with E-state index in [1.54, 1.807) is 6.20 Å². The van der Waals surface area contributed by atoms with Crippen molar-refractivity contribution in [2.24, 2.45) is 0 Å². The second-order valence-electron chi connectivity index (χ2n) is 8.49. The number of hydrogen-bond donors (Lipinski definition) is 3. The summed E-state index contributed by atoms with van der Waals surface area (Å²) in [5.41, 5.74) is 9.89. The number of para-hydroxylation sites is 2. The molecule has 3 aromatic carbocycles. The van der Waals surface area contributed by atoms with Gasteiger partial charge in [0.25, 0.3) is 0 Å². The Hall–Kier alpha value is -3.81. The summed E-state index contributed by atoms with van der Waals surface area (Å²) in [7, 11) is 0. The number of phenols is 1. The number of ether oxygens (including phenoxy) is 2. The van der Waals surface area contributed by atoms with Crippen molar-refractivity contribution in [3.05, 3.63) is 102 Å². The fourth-order valence-corrected chi connectivity index (χ4v) is 4.18. The van der Waals surface area contributed by atoms with Gasteiger partial charge >= 0.3 is 0 Å². The molecule has 3 unspecified atom stereocenters. The van der Waals surface area contributed by atoms with Crippen LogP contribution in [0, 0.1) is 6.92 Å². The molecular weight excluding hydrogens is 428 g/mol. The summed E-state index contributed by atoms with van der Waals surface area (Å²) in [6.45, 7) is 4.27. The SMILES string of the molecule is Cc1c(OCc2cnn(-c3ccccc3)c2)ccc(C2NNC(C)C2Oc2ccccc2)c1O. The predicted octanol–water partition coefficient (Wildman–Crippen LogP) is 4.45. The number of nitrogens with one attached hydrogen (secondary N) is 2. The molecule has 7 nitrogen and oxygen atoms in total. The molecule has 1 aromatic heterocycles. The van der Waals surface area contributed by atoms with E-state index in [-0.39, 0.29) is 23.9 Å². The number of phenolic OH excluding ortho intramolecular Hbond substituents is 1. The highest BCUT2D eigenvalue weighted by molar-refractivity contribution is 5.50. The minimum Gasteiger partial charge on any atom is -0.507 e. The molecule has 1 aliphatic heterocycles. The van der Waals surface area contributed by atoms with Gasteiger partial charge in [-0.3, -0.25) is 5.43 Å². The largest absolute Gasteiger partial charge is 0.507 e. The average molecular weight is 457 g/mol. The van der Waals surface area contributed by atoms with E-state index in [1.165, 1.54) is 0 Å². The van der Waals surface area contributed by atoms with E-state index in [1.807, 2.05) is 90.6 Å². The van der Waals surface area contributed by atoms with Gasteiger partial charge in [0.15, 0.2) is 0 Å². The number of hydrazine groups is 1. The average Bonchev–Trinajstić information content (AvgIpc) is 3.49. The van der Waals surface area contributed by atoms with Gasteiger partial charge in [-0.2, -0.15) is 5.10 Å². The summed E-state index contributed by atoms with van der Waals surface area (Å²) in [5.74, 6) is 1.63. The molecule has 0 aliphatic carbocycles. The highest BCUT2D eigenvalue weighted by atomic mass is 16.5. The summed E-state index contributed by atoms with van der Waals surface area (Å²) in [6, 6.07) is 23.3. The second-order valence-corrected chi connectivity index (χ2v) is 8.49. The summed E-state index contributed by atoms with van der Waals surface area (Å²) >= 11 is 0. The maximum absolute atomic E-state index is 11.0. The molecule has 0 radical (unpaired) electrons. The maximum atomic E-state index is 11.0. The van der Waals surface area contributed by atoms with Gasteiger partial charge in [0.1, 0.15) is 30.0 Å². The van der Waals surface area contributed by atoms with Crippen LogP contribution in [0.2, 0.25) is 0 Å². The normalized spacial score (nSPS) is 19.8. The van der Waals surface area contributed by atoms with Gasteiger partial charge in [-0.1, -0.05) is 36.4 Å². The highest BCUT2D eigenvalue weighted by Crippen LogP contribution is 2.38.